The number of ether oxygens (including phenoxy) is 1. The lowest BCUT2D eigenvalue weighted by Crippen LogP contribution is -2.19. The monoisotopic (exact) mass is 353 g/mol. The van der Waals surface area contributed by atoms with Crippen LogP contribution in [0, 0.1) is 0 Å². The molecule has 0 aromatic heterocycles. The molecule has 0 aliphatic carbocycles. The fourth-order valence-electron chi connectivity index (χ4n) is 2.43. The number of hydrogen-bond acceptors (Lipinski definition) is 4. The number of ketones is 1. The van der Waals surface area contributed by atoms with Crippen molar-refractivity contribution in [3.63, 3.8) is 0 Å². The molecule has 0 saturated carbocycles. The topological polar surface area (TPSA) is 72.5 Å². The van der Waals surface area contributed by atoms with Gasteiger partial charge in [-0.05, 0) is 18.6 Å². The molecule has 0 bridgehead atoms. The van der Waals surface area contributed by atoms with Crippen LogP contribution in [-0.2, 0) is 9.53 Å². The van der Waals surface area contributed by atoms with Crippen molar-refractivity contribution >= 4 is 23.3 Å². The second-order valence-electron chi connectivity index (χ2n) is 5.90. The number of benzene rings is 2. The molecule has 0 unspecified atom stereocenters. The van der Waals surface area contributed by atoms with Crippen molar-refractivity contribution in [1.82, 2.24) is 0 Å². The van der Waals surface area contributed by atoms with Gasteiger partial charge in [0.25, 0.3) is 0 Å². The molecule has 0 aliphatic heterocycles. The molecule has 2 aromatic carbocycles. The number of hydrogen-bond donors (Lipinski definition) is 1. The zero-order valence-corrected chi connectivity index (χ0v) is 14.9. The van der Waals surface area contributed by atoms with E-state index in [1.807, 2.05) is 0 Å². The van der Waals surface area contributed by atoms with E-state index in [0.717, 1.165) is 19.3 Å². The Morgan fingerprint density at radius 1 is 0.923 bits per heavy atom. The molecule has 5 nitrogen and oxygen atoms in total. The summed E-state index contributed by atoms with van der Waals surface area (Å²) in [6.07, 6.45) is 2.55. The summed E-state index contributed by atoms with van der Waals surface area (Å²) in [6, 6.07) is 15.2. The van der Waals surface area contributed by atoms with Gasteiger partial charge in [0.1, 0.15) is 0 Å². The molecule has 1 amide bonds. The maximum atomic E-state index is 12.2. The number of Topliss-reactive ketones (excluding diaryl/α,β-unsaturated/α-hetero) is 1. The third-order valence-corrected chi connectivity index (χ3v) is 3.82. The van der Waals surface area contributed by atoms with Crippen LogP contribution in [0.25, 0.3) is 0 Å². The molecule has 0 aliphatic rings. The van der Waals surface area contributed by atoms with Crippen LogP contribution in [0.1, 0.15) is 53.3 Å². The summed E-state index contributed by atoms with van der Waals surface area (Å²) in [5, 5.41) is 2.63. The molecule has 1 N–H and O–H groups in total. The van der Waals surface area contributed by atoms with E-state index in [2.05, 4.69) is 12.2 Å². The number of amides is 1. The smallest absolute Gasteiger partial charge is 0.340 e. The van der Waals surface area contributed by atoms with Gasteiger partial charge in [0.05, 0.1) is 24.3 Å². The maximum Gasteiger partial charge on any atom is 0.340 e. The standard InChI is InChI=1S/C21H23NO4/c1-2-3-9-14-26-21(25)17-12-7-8-13-18(17)22-20(24)15-19(23)16-10-5-4-6-11-16/h4-8,10-13H,2-3,9,14-15H2,1H3,(H,22,24). The summed E-state index contributed by atoms with van der Waals surface area (Å²) in [6.45, 7) is 2.42. The summed E-state index contributed by atoms with van der Waals surface area (Å²) in [4.78, 5) is 36.5. The van der Waals surface area contributed by atoms with E-state index in [0.29, 0.717) is 17.9 Å². The molecule has 2 aromatic rings. The van der Waals surface area contributed by atoms with Gasteiger partial charge in [-0.15, -0.1) is 0 Å². The minimum Gasteiger partial charge on any atom is -0.462 e. The largest absolute Gasteiger partial charge is 0.462 e. The molecule has 0 spiro atoms. The van der Waals surface area contributed by atoms with Gasteiger partial charge in [-0.25, -0.2) is 4.79 Å². The lowest BCUT2D eigenvalue weighted by atomic mass is 10.1. The van der Waals surface area contributed by atoms with Gasteiger partial charge in [0.15, 0.2) is 5.78 Å². The summed E-state index contributed by atoms with van der Waals surface area (Å²) in [5.41, 5.74) is 1.11. The molecule has 0 radical (unpaired) electrons. The zero-order valence-electron chi connectivity index (χ0n) is 14.9. The van der Waals surface area contributed by atoms with Crippen LogP contribution in [-0.4, -0.2) is 24.3 Å². The Labute approximate surface area is 153 Å². The van der Waals surface area contributed by atoms with E-state index >= 15 is 0 Å². The summed E-state index contributed by atoms with van der Waals surface area (Å²) < 4.78 is 5.25. The second-order valence-corrected chi connectivity index (χ2v) is 5.90. The van der Waals surface area contributed by atoms with Crippen molar-refractivity contribution in [3.05, 3.63) is 65.7 Å². The van der Waals surface area contributed by atoms with Crippen LogP contribution in [0.5, 0.6) is 0 Å². The number of rotatable bonds is 9. The quantitative estimate of drug-likeness (QED) is 0.317. The van der Waals surface area contributed by atoms with Gasteiger partial charge < -0.3 is 10.1 Å². The number of para-hydroxylation sites is 1. The van der Waals surface area contributed by atoms with Crippen molar-refractivity contribution in [3.8, 4) is 0 Å². The fourth-order valence-corrected chi connectivity index (χ4v) is 2.43. The number of unbranched alkanes of at least 4 members (excludes halogenated alkanes) is 2. The Morgan fingerprint density at radius 3 is 2.35 bits per heavy atom. The minimum atomic E-state index is -0.480. The molecule has 2 rings (SSSR count). The molecule has 0 atom stereocenters. The maximum absolute atomic E-state index is 12.2. The van der Waals surface area contributed by atoms with Crippen LogP contribution < -0.4 is 5.32 Å². The second kappa shape index (κ2) is 10.1. The minimum absolute atomic E-state index is 0.275. The van der Waals surface area contributed by atoms with Crippen LogP contribution in [0.3, 0.4) is 0 Å². The first-order chi connectivity index (χ1) is 12.6. The van der Waals surface area contributed by atoms with Gasteiger partial charge >= 0.3 is 5.97 Å². The normalized spacial score (nSPS) is 10.2. The molecule has 0 fully saturated rings. The number of nitrogens with one attached hydrogen (secondary N) is 1. The van der Waals surface area contributed by atoms with Gasteiger partial charge in [0, 0.05) is 5.56 Å². The van der Waals surface area contributed by atoms with Gasteiger partial charge in [0.2, 0.25) is 5.91 Å². The third kappa shape index (κ3) is 5.84. The van der Waals surface area contributed by atoms with E-state index in [1.165, 1.54) is 0 Å². The highest BCUT2D eigenvalue weighted by atomic mass is 16.5. The van der Waals surface area contributed by atoms with Crippen molar-refractivity contribution < 1.29 is 19.1 Å². The number of anilines is 1. The summed E-state index contributed by atoms with van der Waals surface area (Å²) in [5.74, 6) is -1.22. The van der Waals surface area contributed by atoms with Gasteiger partial charge in [-0.2, -0.15) is 0 Å². The van der Waals surface area contributed by atoms with Crippen molar-refractivity contribution in [2.45, 2.75) is 32.6 Å². The van der Waals surface area contributed by atoms with E-state index in [1.54, 1.807) is 54.6 Å². The number of carbonyl (C=O) groups excluding carboxylic acids is 3. The molecule has 5 heteroatoms. The lowest BCUT2D eigenvalue weighted by molar-refractivity contribution is -0.115. The highest BCUT2D eigenvalue weighted by Crippen LogP contribution is 2.17. The SMILES string of the molecule is CCCCCOC(=O)c1ccccc1NC(=O)CC(=O)c1ccccc1. The predicted octanol–water partition coefficient (Wildman–Crippen LogP) is 4.25. The molecule has 0 saturated heterocycles. The Balaban J connectivity index is 1.97. The molecular weight excluding hydrogens is 330 g/mol. The average Bonchev–Trinajstić information content (AvgIpc) is 2.66. The van der Waals surface area contributed by atoms with Crippen LogP contribution in [0.15, 0.2) is 54.6 Å². The Hall–Kier alpha value is -2.95. The fraction of sp³-hybridized carbons (Fsp3) is 0.286. The lowest BCUT2D eigenvalue weighted by Gasteiger charge is -2.11. The van der Waals surface area contributed by atoms with Crippen LogP contribution in [0.4, 0.5) is 5.69 Å². The van der Waals surface area contributed by atoms with E-state index in [-0.39, 0.29) is 17.8 Å². The molecule has 26 heavy (non-hydrogen) atoms. The highest BCUT2D eigenvalue weighted by molar-refractivity contribution is 6.12. The Morgan fingerprint density at radius 2 is 1.62 bits per heavy atom. The van der Waals surface area contributed by atoms with E-state index in [4.69, 9.17) is 4.74 Å². The van der Waals surface area contributed by atoms with Crippen molar-refractivity contribution in [2.24, 2.45) is 0 Å². The first kappa shape index (κ1) is 19.4. The summed E-state index contributed by atoms with van der Waals surface area (Å²) >= 11 is 0. The third-order valence-electron chi connectivity index (χ3n) is 3.82. The molecule has 0 heterocycles. The predicted molar refractivity (Wildman–Crippen MR) is 100 cm³/mol. The van der Waals surface area contributed by atoms with Gasteiger partial charge in [-0.1, -0.05) is 62.2 Å². The number of carbonyl (C=O) groups is 3. The first-order valence-electron chi connectivity index (χ1n) is 8.76. The van der Waals surface area contributed by atoms with E-state index in [9.17, 15) is 14.4 Å². The molecular formula is C21H23NO4. The summed E-state index contributed by atoms with van der Waals surface area (Å²) in [7, 11) is 0. The molecule has 136 valence electrons. The highest BCUT2D eigenvalue weighted by Gasteiger charge is 2.16. The van der Waals surface area contributed by atoms with Crippen LogP contribution >= 0.6 is 0 Å². The number of esters is 1. The average molecular weight is 353 g/mol. The van der Waals surface area contributed by atoms with Crippen LogP contribution in [0.2, 0.25) is 0 Å². The van der Waals surface area contributed by atoms with Crippen molar-refractivity contribution in [2.75, 3.05) is 11.9 Å². The Kier molecular flexibility index (Phi) is 7.55. The zero-order chi connectivity index (χ0) is 18.8. The first-order valence-corrected chi connectivity index (χ1v) is 8.76. The van der Waals surface area contributed by atoms with E-state index < -0.39 is 11.9 Å². The Bertz CT molecular complexity index is 756. The van der Waals surface area contributed by atoms with Crippen molar-refractivity contribution in [1.29, 1.82) is 0 Å². The van der Waals surface area contributed by atoms with Gasteiger partial charge in [-0.3, -0.25) is 9.59 Å².